The molecule has 0 bridgehead atoms. The average molecular weight is 465 g/mol. The summed E-state index contributed by atoms with van der Waals surface area (Å²) in [5, 5.41) is 11.6. The molecule has 0 amide bonds. The topological polar surface area (TPSA) is 49.5 Å². The second kappa shape index (κ2) is 13.0. The molecule has 0 aliphatic heterocycles. The van der Waals surface area contributed by atoms with Crippen molar-refractivity contribution in [2.24, 2.45) is 5.73 Å². The van der Waals surface area contributed by atoms with E-state index in [1.807, 2.05) is 36.4 Å². The van der Waals surface area contributed by atoms with Crippen molar-refractivity contribution < 1.29 is 5.11 Å². The number of hydrogen-bond acceptors (Lipinski definition) is 3. The van der Waals surface area contributed by atoms with Crippen LogP contribution >= 0.6 is 0 Å². The van der Waals surface area contributed by atoms with Gasteiger partial charge in [0.25, 0.3) is 0 Å². The number of hydrogen-bond donors (Lipinski definition) is 2. The minimum atomic E-state index is -0.554. The van der Waals surface area contributed by atoms with Crippen molar-refractivity contribution >= 4 is 0 Å². The van der Waals surface area contributed by atoms with E-state index in [-0.39, 0.29) is 12.1 Å². The lowest BCUT2D eigenvalue weighted by Crippen LogP contribution is -2.46. The molecule has 0 saturated carbocycles. The van der Waals surface area contributed by atoms with Crippen LogP contribution in [-0.4, -0.2) is 28.2 Å². The first-order chi connectivity index (χ1) is 17.2. The summed E-state index contributed by atoms with van der Waals surface area (Å²) in [6.45, 7) is 1.52. The van der Waals surface area contributed by atoms with Crippen molar-refractivity contribution in [1.29, 1.82) is 0 Å². The molecule has 0 saturated heterocycles. The van der Waals surface area contributed by atoms with E-state index in [1.165, 1.54) is 22.3 Å². The van der Waals surface area contributed by atoms with E-state index >= 15 is 0 Å². The average Bonchev–Trinajstić information content (AvgIpc) is 2.89. The monoisotopic (exact) mass is 464 g/mol. The molecule has 180 valence electrons. The summed E-state index contributed by atoms with van der Waals surface area (Å²) < 4.78 is 0. The van der Waals surface area contributed by atoms with Crippen molar-refractivity contribution in [1.82, 2.24) is 4.90 Å². The van der Waals surface area contributed by atoms with Gasteiger partial charge in [-0.3, -0.25) is 4.90 Å². The molecule has 4 aromatic carbocycles. The van der Waals surface area contributed by atoms with Gasteiger partial charge in [0, 0.05) is 25.2 Å². The van der Waals surface area contributed by atoms with Gasteiger partial charge in [0.2, 0.25) is 0 Å². The molecular formula is C32H36N2O. The van der Waals surface area contributed by atoms with Gasteiger partial charge in [0.05, 0.1) is 6.10 Å². The van der Waals surface area contributed by atoms with Crippen LogP contribution in [0.25, 0.3) is 0 Å². The smallest absolute Gasteiger partial charge is 0.0713 e. The van der Waals surface area contributed by atoms with Gasteiger partial charge >= 0.3 is 0 Å². The maximum absolute atomic E-state index is 11.6. The summed E-state index contributed by atoms with van der Waals surface area (Å²) >= 11 is 0. The predicted octanol–water partition coefficient (Wildman–Crippen LogP) is 5.62. The lowest BCUT2D eigenvalue weighted by atomic mass is 9.92. The van der Waals surface area contributed by atoms with Crippen molar-refractivity contribution in [2.75, 3.05) is 0 Å². The molecule has 4 rings (SSSR count). The zero-order valence-corrected chi connectivity index (χ0v) is 20.3. The van der Waals surface area contributed by atoms with Crippen LogP contribution in [0.3, 0.4) is 0 Å². The first kappa shape index (κ1) is 24.9. The molecule has 4 aromatic rings. The highest BCUT2D eigenvalue weighted by molar-refractivity contribution is 5.20. The maximum Gasteiger partial charge on any atom is 0.0713 e. The highest BCUT2D eigenvalue weighted by Crippen LogP contribution is 2.22. The Kier molecular flexibility index (Phi) is 9.24. The molecule has 0 aliphatic rings. The number of aliphatic hydroxyl groups is 1. The normalized spacial score (nSPS) is 13.9. The van der Waals surface area contributed by atoms with E-state index in [1.54, 1.807) is 0 Å². The second-order valence-electron chi connectivity index (χ2n) is 9.39. The number of nitrogens with zero attached hydrogens (tertiary/aromatic N) is 1. The van der Waals surface area contributed by atoms with Crippen LogP contribution < -0.4 is 5.73 Å². The Morgan fingerprint density at radius 2 is 0.914 bits per heavy atom. The van der Waals surface area contributed by atoms with Crippen LogP contribution in [-0.2, 0) is 25.9 Å². The molecule has 0 spiro atoms. The SMILES string of the molecule is N[C@H](Cc1ccccc1)C[C@H](O)[C@H](Cc1ccccc1)N(Cc1ccccc1)Cc1ccccc1. The molecule has 0 heterocycles. The second-order valence-corrected chi connectivity index (χ2v) is 9.39. The largest absolute Gasteiger partial charge is 0.391 e. The van der Waals surface area contributed by atoms with Gasteiger partial charge in [-0.1, -0.05) is 121 Å². The lowest BCUT2D eigenvalue weighted by Gasteiger charge is -2.36. The maximum atomic E-state index is 11.6. The summed E-state index contributed by atoms with van der Waals surface area (Å²) in [6, 6.07) is 41.6. The van der Waals surface area contributed by atoms with Crippen LogP contribution in [0.5, 0.6) is 0 Å². The van der Waals surface area contributed by atoms with Crippen LogP contribution in [0.15, 0.2) is 121 Å². The highest BCUT2D eigenvalue weighted by atomic mass is 16.3. The molecule has 0 radical (unpaired) electrons. The minimum Gasteiger partial charge on any atom is -0.391 e. The molecule has 0 aromatic heterocycles. The van der Waals surface area contributed by atoms with Gasteiger partial charge in [-0.15, -0.1) is 0 Å². The summed E-state index contributed by atoms with van der Waals surface area (Å²) in [7, 11) is 0. The Hall–Kier alpha value is -3.24. The van der Waals surface area contributed by atoms with Gasteiger partial charge < -0.3 is 10.8 Å². The third-order valence-corrected chi connectivity index (χ3v) is 6.54. The zero-order chi connectivity index (χ0) is 24.3. The van der Waals surface area contributed by atoms with Crippen LogP contribution in [0.4, 0.5) is 0 Å². The molecule has 0 aliphatic carbocycles. The molecule has 3 heteroatoms. The summed E-state index contributed by atoms with van der Waals surface area (Å²) in [5.74, 6) is 0. The standard InChI is InChI=1S/C32H36N2O/c33-30(21-26-13-5-1-6-14-26)23-32(35)31(22-27-15-7-2-8-16-27)34(24-28-17-9-3-10-18-28)25-29-19-11-4-12-20-29/h1-20,30-32,35H,21-25,33H2/t30-,31+,32+/m1/s1. The molecule has 3 nitrogen and oxygen atoms in total. The highest BCUT2D eigenvalue weighted by Gasteiger charge is 2.28. The fraction of sp³-hybridized carbons (Fsp3) is 0.250. The number of benzene rings is 4. The van der Waals surface area contributed by atoms with Crippen molar-refractivity contribution in [3.63, 3.8) is 0 Å². The van der Waals surface area contributed by atoms with Crippen molar-refractivity contribution in [3.05, 3.63) is 144 Å². The van der Waals surface area contributed by atoms with Gasteiger partial charge in [0.1, 0.15) is 0 Å². The Labute approximate surface area is 209 Å². The fourth-order valence-corrected chi connectivity index (χ4v) is 4.76. The number of aliphatic hydroxyl groups excluding tert-OH is 1. The quantitative estimate of drug-likeness (QED) is 0.286. The Morgan fingerprint density at radius 1 is 0.543 bits per heavy atom. The summed E-state index contributed by atoms with van der Waals surface area (Å²) in [6.07, 6.45) is 1.51. The zero-order valence-electron chi connectivity index (χ0n) is 20.3. The third kappa shape index (κ3) is 7.90. The first-order valence-corrected chi connectivity index (χ1v) is 12.5. The van der Waals surface area contributed by atoms with E-state index in [2.05, 4.69) is 89.8 Å². The first-order valence-electron chi connectivity index (χ1n) is 12.5. The fourth-order valence-electron chi connectivity index (χ4n) is 4.76. The Bertz CT molecular complexity index is 1060. The Balaban J connectivity index is 1.58. The van der Waals surface area contributed by atoms with Gasteiger partial charge in [-0.2, -0.15) is 0 Å². The number of nitrogens with two attached hydrogens (primary N) is 1. The van der Waals surface area contributed by atoms with E-state index in [0.717, 1.165) is 25.9 Å². The predicted molar refractivity (Wildman–Crippen MR) is 145 cm³/mol. The van der Waals surface area contributed by atoms with E-state index < -0.39 is 6.10 Å². The van der Waals surface area contributed by atoms with Crippen molar-refractivity contribution in [3.8, 4) is 0 Å². The van der Waals surface area contributed by atoms with Gasteiger partial charge in [0.15, 0.2) is 0 Å². The van der Waals surface area contributed by atoms with Crippen LogP contribution in [0.1, 0.15) is 28.7 Å². The summed E-state index contributed by atoms with van der Waals surface area (Å²) in [4.78, 5) is 2.41. The summed E-state index contributed by atoms with van der Waals surface area (Å²) in [5.41, 5.74) is 11.5. The third-order valence-electron chi connectivity index (χ3n) is 6.54. The molecular weight excluding hydrogens is 428 g/mol. The minimum absolute atomic E-state index is 0.0698. The van der Waals surface area contributed by atoms with Crippen LogP contribution in [0.2, 0.25) is 0 Å². The van der Waals surface area contributed by atoms with Gasteiger partial charge in [-0.25, -0.2) is 0 Å². The van der Waals surface area contributed by atoms with E-state index in [4.69, 9.17) is 5.73 Å². The molecule has 3 atom stereocenters. The van der Waals surface area contributed by atoms with Gasteiger partial charge in [-0.05, 0) is 41.5 Å². The van der Waals surface area contributed by atoms with E-state index in [9.17, 15) is 5.11 Å². The lowest BCUT2D eigenvalue weighted by molar-refractivity contribution is 0.0301. The molecule has 0 unspecified atom stereocenters. The van der Waals surface area contributed by atoms with E-state index in [0.29, 0.717) is 6.42 Å². The number of rotatable bonds is 12. The van der Waals surface area contributed by atoms with Crippen LogP contribution in [0, 0.1) is 0 Å². The molecule has 3 N–H and O–H groups in total. The molecule has 35 heavy (non-hydrogen) atoms. The van der Waals surface area contributed by atoms with Crippen molar-refractivity contribution in [2.45, 2.75) is 50.5 Å². The molecule has 0 fully saturated rings. The Morgan fingerprint density at radius 3 is 1.34 bits per heavy atom.